The summed E-state index contributed by atoms with van der Waals surface area (Å²) < 4.78 is 0. The number of aliphatic hydroxyl groups excluding tert-OH is 1. The molecule has 128 valence electrons. The Bertz CT molecular complexity index is 713. The zero-order valence-electron chi connectivity index (χ0n) is 14.3. The van der Waals surface area contributed by atoms with Gasteiger partial charge in [0, 0.05) is 11.6 Å². The van der Waals surface area contributed by atoms with Crippen LogP contribution in [0.15, 0.2) is 36.5 Å². The van der Waals surface area contributed by atoms with Crippen molar-refractivity contribution in [1.82, 2.24) is 15.2 Å². The van der Waals surface area contributed by atoms with Crippen molar-refractivity contribution in [3.63, 3.8) is 0 Å². The van der Waals surface area contributed by atoms with E-state index in [-0.39, 0.29) is 24.0 Å². The second-order valence-corrected chi connectivity index (χ2v) is 6.72. The van der Waals surface area contributed by atoms with Gasteiger partial charge in [-0.25, -0.2) is 0 Å². The summed E-state index contributed by atoms with van der Waals surface area (Å²) >= 11 is 0. The Hall–Kier alpha value is -1.98. The zero-order valence-corrected chi connectivity index (χ0v) is 14.3. The van der Waals surface area contributed by atoms with Gasteiger partial charge in [0.15, 0.2) is 0 Å². The number of benzene rings is 1. The summed E-state index contributed by atoms with van der Waals surface area (Å²) in [6.07, 6.45) is 3.05. The van der Waals surface area contributed by atoms with Crippen LogP contribution in [0.3, 0.4) is 0 Å². The predicted octanol–water partition coefficient (Wildman–Crippen LogP) is 2.11. The molecule has 1 fully saturated rings. The van der Waals surface area contributed by atoms with Crippen molar-refractivity contribution in [3.05, 3.63) is 42.1 Å². The molecule has 1 aromatic heterocycles. The molecule has 5 heteroatoms. The number of likely N-dealkylation sites (N-methyl/N-ethyl adjacent to an activating group) is 1. The third-order valence-electron chi connectivity index (χ3n) is 4.86. The SMILES string of the molecule is CCN(C)CC(=O)N[C@H](c1cnc2ccccc2c1)C1CC(O)C1. The molecule has 2 aromatic rings. The summed E-state index contributed by atoms with van der Waals surface area (Å²) in [6.45, 7) is 3.24. The molecule has 1 amide bonds. The van der Waals surface area contributed by atoms with Crippen LogP contribution in [-0.4, -0.2) is 47.1 Å². The van der Waals surface area contributed by atoms with Crippen molar-refractivity contribution in [2.75, 3.05) is 20.1 Å². The number of aliphatic hydroxyl groups is 1. The van der Waals surface area contributed by atoms with Crippen LogP contribution >= 0.6 is 0 Å². The molecular weight excluding hydrogens is 302 g/mol. The standard InChI is InChI=1S/C19H25N3O2/c1-3-22(2)12-18(24)21-19(14-9-16(23)10-14)15-8-13-6-4-5-7-17(13)20-11-15/h4-8,11,14,16,19,23H,3,9-10,12H2,1-2H3,(H,21,24)/t14?,16?,19-/m0/s1. The van der Waals surface area contributed by atoms with Gasteiger partial charge in [0.25, 0.3) is 0 Å². The van der Waals surface area contributed by atoms with E-state index in [1.807, 2.05) is 49.3 Å². The number of carbonyl (C=O) groups is 1. The molecule has 1 aliphatic carbocycles. The van der Waals surface area contributed by atoms with E-state index in [1.54, 1.807) is 0 Å². The molecule has 5 nitrogen and oxygen atoms in total. The third kappa shape index (κ3) is 3.74. The van der Waals surface area contributed by atoms with Crippen molar-refractivity contribution in [2.24, 2.45) is 5.92 Å². The molecule has 0 radical (unpaired) electrons. The lowest BCUT2D eigenvalue weighted by molar-refractivity contribution is -0.123. The maximum absolute atomic E-state index is 12.3. The Labute approximate surface area is 142 Å². The molecule has 1 saturated carbocycles. The lowest BCUT2D eigenvalue weighted by Crippen LogP contribution is -2.44. The minimum Gasteiger partial charge on any atom is -0.393 e. The molecule has 1 aliphatic rings. The van der Waals surface area contributed by atoms with E-state index in [1.165, 1.54) is 0 Å². The Morgan fingerprint density at radius 2 is 2.17 bits per heavy atom. The Morgan fingerprint density at radius 1 is 1.42 bits per heavy atom. The van der Waals surface area contributed by atoms with Crippen LogP contribution in [0.5, 0.6) is 0 Å². The van der Waals surface area contributed by atoms with Crippen molar-refractivity contribution >= 4 is 16.8 Å². The van der Waals surface area contributed by atoms with Crippen LogP contribution in [0.1, 0.15) is 31.4 Å². The average molecular weight is 327 g/mol. The summed E-state index contributed by atoms with van der Waals surface area (Å²) in [6, 6.07) is 9.98. The van der Waals surface area contributed by atoms with E-state index < -0.39 is 0 Å². The summed E-state index contributed by atoms with van der Waals surface area (Å²) in [5.41, 5.74) is 1.96. The lowest BCUT2D eigenvalue weighted by atomic mass is 9.75. The summed E-state index contributed by atoms with van der Waals surface area (Å²) in [5.74, 6) is 0.276. The highest BCUT2D eigenvalue weighted by molar-refractivity contribution is 5.80. The van der Waals surface area contributed by atoms with E-state index in [0.29, 0.717) is 6.54 Å². The van der Waals surface area contributed by atoms with Crippen LogP contribution in [0.2, 0.25) is 0 Å². The lowest BCUT2D eigenvalue weighted by Gasteiger charge is -2.38. The number of para-hydroxylation sites is 1. The molecule has 3 rings (SSSR count). The second kappa shape index (κ2) is 7.28. The number of nitrogens with one attached hydrogen (secondary N) is 1. The summed E-state index contributed by atoms with van der Waals surface area (Å²) in [7, 11) is 1.93. The number of aromatic nitrogens is 1. The molecule has 0 unspecified atom stereocenters. The quantitative estimate of drug-likeness (QED) is 0.853. The van der Waals surface area contributed by atoms with Crippen molar-refractivity contribution in [1.29, 1.82) is 0 Å². The highest BCUT2D eigenvalue weighted by atomic mass is 16.3. The van der Waals surface area contributed by atoms with Crippen molar-refractivity contribution in [3.8, 4) is 0 Å². The number of hydrogen-bond acceptors (Lipinski definition) is 4. The van der Waals surface area contributed by atoms with Gasteiger partial charge < -0.3 is 10.4 Å². The Balaban J connectivity index is 1.82. The Morgan fingerprint density at radius 3 is 2.88 bits per heavy atom. The van der Waals surface area contributed by atoms with Crippen LogP contribution in [0.4, 0.5) is 0 Å². The van der Waals surface area contributed by atoms with Crippen LogP contribution in [-0.2, 0) is 4.79 Å². The maximum Gasteiger partial charge on any atom is 0.234 e. The summed E-state index contributed by atoms with van der Waals surface area (Å²) in [5, 5.41) is 13.9. The van der Waals surface area contributed by atoms with Crippen molar-refractivity contribution < 1.29 is 9.90 Å². The van der Waals surface area contributed by atoms with Gasteiger partial charge in [-0.3, -0.25) is 14.7 Å². The first-order chi connectivity index (χ1) is 11.6. The van der Waals surface area contributed by atoms with E-state index in [4.69, 9.17) is 0 Å². The van der Waals surface area contributed by atoms with E-state index in [2.05, 4.69) is 16.4 Å². The van der Waals surface area contributed by atoms with Gasteiger partial charge in [0.05, 0.1) is 24.2 Å². The highest BCUT2D eigenvalue weighted by Crippen LogP contribution is 2.38. The zero-order chi connectivity index (χ0) is 17.1. The highest BCUT2D eigenvalue weighted by Gasteiger charge is 2.35. The van der Waals surface area contributed by atoms with Gasteiger partial charge in [0.1, 0.15) is 0 Å². The molecule has 0 aliphatic heterocycles. The average Bonchev–Trinajstić information content (AvgIpc) is 2.56. The van der Waals surface area contributed by atoms with Gasteiger partial charge >= 0.3 is 0 Å². The number of carbonyl (C=O) groups excluding carboxylic acids is 1. The van der Waals surface area contributed by atoms with Crippen LogP contribution in [0.25, 0.3) is 10.9 Å². The number of amides is 1. The van der Waals surface area contributed by atoms with Gasteiger partial charge in [0.2, 0.25) is 5.91 Å². The van der Waals surface area contributed by atoms with Gasteiger partial charge in [-0.15, -0.1) is 0 Å². The number of rotatable bonds is 6. The molecule has 1 aromatic carbocycles. The minimum atomic E-state index is -0.249. The fourth-order valence-corrected chi connectivity index (χ4v) is 3.21. The first kappa shape index (κ1) is 16.9. The van der Waals surface area contributed by atoms with Gasteiger partial charge in [-0.2, -0.15) is 0 Å². The monoisotopic (exact) mass is 327 g/mol. The second-order valence-electron chi connectivity index (χ2n) is 6.72. The van der Waals surface area contributed by atoms with Crippen molar-refractivity contribution in [2.45, 2.75) is 31.9 Å². The van der Waals surface area contributed by atoms with E-state index >= 15 is 0 Å². The van der Waals surface area contributed by atoms with Gasteiger partial charge in [-0.1, -0.05) is 25.1 Å². The Kier molecular flexibility index (Phi) is 5.11. The smallest absolute Gasteiger partial charge is 0.234 e. The molecule has 1 atom stereocenters. The minimum absolute atomic E-state index is 0.0129. The van der Waals surface area contributed by atoms with Gasteiger partial charge in [-0.05, 0) is 50.0 Å². The molecule has 1 heterocycles. The third-order valence-corrected chi connectivity index (χ3v) is 4.86. The first-order valence-electron chi connectivity index (χ1n) is 8.57. The summed E-state index contributed by atoms with van der Waals surface area (Å²) in [4.78, 5) is 18.8. The predicted molar refractivity (Wildman–Crippen MR) is 94.5 cm³/mol. The molecule has 0 bridgehead atoms. The fraction of sp³-hybridized carbons (Fsp3) is 0.474. The fourth-order valence-electron chi connectivity index (χ4n) is 3.21. The largest absolute Gasteiger partial charge is 0.393 e. The molecule has 0 saturated heterocycles. The molecular formula is C19H25N3O2. The topological polar surface area (TPSA) is 65.5 Å². The maximum atomic E-state index is 12.3. The van der Waals surface area contributed by atoms with Crippen LogP contribution < -0.4 is 5.32 Å². The first-order valence-corrected chi connectivity index (χ1v) is 8.57. The molecule has 2 N–H and O–H groups in total. The van der Waals surface area contributed by atoms with Crippen LogP contribution in [0, 0.1) is 5.92 Å². The molecule has 24 heavy (non-hydrogen) atoms. The number of nitrogens with zero attached hydrogens (tertiary/aromatic N) is 2. The van der Waals surface area contributed by atoms with E-state index in [0.717, 1.165) is 35.9 Å². The number of pyridine rings is 1. The van der Waals surface area contributed by atoms with E-state index in [9.17, 15) is 9.90 Å². The number of fused-ring (bicyclic) bond motifs is 1. The normalized spacial score (nSPS) is 21.5. The molecule has 0 spiro atoms. The number of hydrogen-bond donors (Lipinski definition) is 2.